The summed E-state index contributed by atoms with van der Waals surface area (Å²) >= 11 is 0. The SMILES string of the molecule is CC1(C)Cc2cc(O)c(Cc3ccccc3)c(=O)n2C1. The maximum Gasteiger partial charge on any atom is 0.258 e. The van der Waals surface area contributed by atoms with Crippen LogP contribution in [0.15, 0.2) is 41.2 Å². The summed E-state index contributed by atoms with van der Waals surface area (Å²) in [5.41, 5.74) is 2.52. The van der Waals surface area contributed by atoms with Crippen molar-refractivity contribution in [2.24, 2.45) is 5.41 Å². The molecular formula is C17H19NO2. The molecule has 1 aliphatic rings. The summed E-state index contributed by atoms with van der Waals surface area (Å²) in [7, 11) is 0. The van der Waals surface area contributed by atoms with Crippen LogP contribution in [0.3, 0.4) is 0 Å². The van der Waals surface area contributed by atoms with Crippen LogP contribution in [-0.2, 0) is 19.4 Å². The van der Waals surface area contributed by atoms with Gasteiger partial charge in [0.05, 0.1) is 5.56 Å². The average molecular weight is 269 g/mol. The van der Waals surface area contributed by atoms with E-state index in [1.165, 1.54) is 0 Å². The molecule has 0 unspecified atom stereocenters. The highest BCUT2D eigenvalue weighted by molar-refractivity contribution is 5.38. The van der Waals surface area contributed by atoms with Crippen molar-refractivity contribution in [2.45, 2.75) is 33.2 Å². The van der Waals surface area contributed by atoms with Gasteiger partial charge in [0, 0.05) is 18.7 Å². The molecule has 0 radical (unpaired) electrons. The number of rotatable bonds is 2. The lowest BCUT2D eigenvalue weighted by Crippen LogP contribution is -2.25. The highest BCUT2D eigenvalue weighted by Gasteiger charge is 2.30. The van der Waals surface area contributed by atoms with Crippen LogP contribution in [0, 0.1) is 5.41 Å². The van der Waals surface area contributed by atoms with Crippen molar-refractivity contribution >= 4 is 0 Å². The van der Waals surface area contributed by atoms with Crippen molar-refractivity contribution in [1.82, 2.24) is 4.57 Å². The lowest BCUT2D eigenvalue weighted by Gasteiger charge is -2.14. The van der Waals surface area contributed by atoms with Crippen molar-refractivity contribution in [3.8, 4) is 5.75 Å². The summed E-state index contributed by atoms with van der Waals surface area (Å²) in [5.74, 6) is 0.128. The standard InChI is InChI=1S/C17H19NO2/c1-17(2)10-13-9-15(19)14(16(20)18(13)11-17)8-12-6-4-3-5-7-12/h3-7,9,19H,8,10-11H2,1-2H3. The molecule has 0 saturated heterocycles. The Morgan fingerprint density at radius 1 is 1.25 bits per heavy atom. The van der Waals surface area contributed by atoms with Gasteiger partial charge >= 0.3 is 0 Å². The van der Waals surface area contributed by atoms with Gasteiger partial charge in [0.1, 0.15) is 5.75 Å². The van der Waals surface area contributed by atoms with Gasteiger partial charge in [0.25, 0.3) is 5.56 Å². The smallest absolute Gasteiger partial charge is 0.258 e. The normalized spacial score (nSPS) is 16.1. The van der Waals surface area contributed by atoms with Crippen LogP contribution in [0.25, 0.3) is 0 Å². The van der Waals surface area contributed by atoms with Crippen LogP contribution >= 0.6 is 0 Å². The molecule has 1 aliphatic heterocycles. The number of benzene rings is 1. The third-order valence-corrected chi connectivity index (χ3v) is 3.93. The summed E-state index contributed by atoms with van der Waals surface area (Å²) in [6.45, 7) is 5.02. The maximum absolute atomic E-state index is 12.6. The third kappa shape index (κ3) is 2.24. The highest BCUT2D eigenvalue weighted by atomic mass is 16.3. The lowest BCUT2D eigenvalue weighted by atomic mass is 9.91. The first kappa shape index (κ1) is 13.0. The molecule has 0 spiro atoms. The zero-order valence-electron chi connectivity index (χ0n) is 11.9. The number of pyridine rings is 1. The quantitative estimate of drug-likeness (QED) is 0.911. The first-order chi connectivity index (χ1) is 9.46. The molecule has 104 valence electrons. The zero-order chi connectivity index (χ0) is 14.3. The van der Waals surface area contributed by atoms with Crippen molar-refractivity contribution in [3.05, 3.63) is 63.6 Å². The second kappa shape index (κ2) is 4.51. The molecule has 0 fully saturated rings. The zero-order valence-corrected chi connectivity index (χ0v) is 11.9. The van der Waals surface area contributed by atoms with Gasteiger partial charge in [-0.3, -0.25) is 4.79 Å². The largest absolute Gasteiger partial charge is 0.507 e. The average Bonchev–Trinajstić information content (AvgIpc) is 2.70. The van der Waals surface area contributed by atoms with Crippen LogP contribution in [0.4, 0.5) is 0 Å². The first-order valence-corrected chi connectivity index (χ1v) is 6.95. The predicted octanol–water partition coefficient (Wildman–Crippen LogP) is 2.73. The summed E-state index contributed by atoms with van der Waals surface area (Å²) in [4.78, 5) is 12.6. The van der Waals surface area contributed by atoms with E-state index >= 15 is 0 Å². The van der Waals surface area contributed by atoms with E-state index in [2.05, 4.69) is 13.8 Å². The van der Waals surface area contributed by atoms with Crippen molar-refractivity contribution < 1.29 is 5.11 Å². The van der Waals surface area contributed by atoms with E-state index in [4.69, 9.17) is 0 Å². The van der Waals surface area contributed by atoms with E-state index in [1.807, 2.05) is 34.9 Å². The van der Waals surface area contributed by atoms with E-state index < -0.39 is 0 Å². The van der Waals surface area contributed by atoms with Crippen molar-refractivity contribution in [2.75, 3.05) is 0 Å². The molecule has 0 aliphatic carbocycles. The Balaban J connectivity index is 2.04. The molecule has 1 aromatic heterocycles. The Kier molecular flexibility index (Phi) is 2.93. The Bertz CT molecular complexity index is 699. The molecule has 1 N–H and O–H groups in total. The fourth-order valence-corrected chi connectivity index (χ4v) is 2.99. The monoisotopic (exact) mass is 269 g/mol. The van der Waals surface area contributed by atoms with Crippen LogP contribution < -0.4 is 5.56 Å². The summed E-state index contributed by atoms with van der Waals surface area (Å²) in [5, 5.41) is 10.2. The minimum atomic E-state index is -0.0468. The van der Waals surface area contributed by atoms with Gasteiger partial charge in [-0.15, -0.1) is 0 Å². The number of hydrogen-bond donors (Lipinski definition) is 1. The van der Waals surface area contributed by atoms with Crippen molar-refractivity contribution in [1.29, 1.82) is 0 Å². The molecule has 2 heterocycles. The van der Waals surface area contributed by atoms with Crippen LogP contribution in [0.1, 0.15) is 30.7 Å². The molecule has 0 bridgehead atoms. The van der Waals surface area contributed by atoms with E-state index in [9.17, 15) is 9.90 Å². The van der Waals surface area contributed by atoms with Crippen LogP contribution in [0.2, 0.25) is 0 Å². The van der Waals surface area contributed by atoms with Gasteiger partial charge in [-0.1, -0.05) is 44.2 Å². The maximum atomic E-state index is 12.6. The Labute approximate surface area is 118 Å². The van der Waals surface area contributed by atoms with Gasteiger partial charge in [0.2, 0.25) is 0 Å². The molecule has 2 aromatic rings. The van der Waals surface area contributed by atoms with Gasteiger partial charge in [-0.2, -0.15) is 0 Å². The summed E-state index contributed by atoms with van der Waals surface area (Å²) in [6.07, 6.45) is 1.31. The van der Waals surface area contributed by atoms with E-state index in [0.717, 1.165) is 24.2 Å². The molecule has 1 aromatic carbocycles. The fourth-order valence-electron chi connectivity index (χ4n) is 2.99. The lowest BCUT2D eigenvalue weighted by molar-refractivity contribution is 0.356. The fraction of sp³-hybridized carbons (Fsp3) is 0.353. The molecule has 20 heavy (non-hydrogen) atoms. The van der Waals surface area contributed by atoms with E-state index in [0.29, 0.717) is 12.0 Å². The minimum absolute atomic E-state index is 0.0468. The molecule has 3 nitrogen and oxygen atoms in total. The molecule has 3 rings (SSSR count). The topological polar surface area (TPSA) is 42.2 Å². The Hall–Kier alpha value is -2.03. The highest BCUT2D eigenvalue weighted by Crippen LogP contribution is 2.32. The van der Waals surface area contributed by atoms with Gasteiger partial charge in [-0.25, -0.2) is 0 Å². The second-order valence-electron chi connectivity index (χ2n) is 6.39. The van der Waals surface area contributed by atoms with Crippen molar-refractivity contribution in [3.63, 3.8) is 0 Å². The molecule has 0 saturated carbocycles. The number of fused-ring (bicyclic) bond motifs is 1. The number of aromatic nitrogens is 1. The van der Waals surface area contributed by atoms with E-state index in [1.54, 1.807) is 6.07 Å². The number of nitrogens with zero attached hydrogens (tertiary/aromatic N) is 1. The molecular weight excluding hydrogens is 250 g/mol. The summed E-state index contributed by atoms with van der Waals surface area (Å²) in [6, 6.07) is 11.5. The van der Waals surface area contributed by atoms with Crippen LogP contribution in [0.5, 0.6) is 5.75 Å². The Morgan fingerprint density at radius 3 is 2.65 bits per heavy atom. The third-order valence-electron chi connectivity index (χ3n) is 3.93. The van der Waals surface area contributed by atoms with Crippen LogP contribution in [-0.4, -0.2) is 9.67 Å². The number of aromatic hydroxyl groups is 1. The molecule has 0 amide bonds. The Morgan fingerprint density at radius 2 is 1.95 bits per heavy atom. The molecule has 3 heteroatoms. The van der Waals surface area contributed by atoms with Gasteiger partial charge in [-0.05, 0) is 23.5 Å². The summed E-state index contributed by atoms with van der Waals surface area (Å²) < 4.78 is 1.82. The molecule has 0 atom stereocenters. The van der Waals surface area contributed by atoms with Gasteiger partial charge in [0.15, 0.2) is 0 Å². The van der Waals surface area contributed by atoms with Gasteiger partial charge < -0.3 is 9.67 Å². The minimum Gasteiger partial charge on any atom is -0.507 e. The second-order valence-corrected chi connectivity index (χ2v) is 6.39. The van der Waals surface area contributed by atoms with E-state index in [-0.39, 0.29) is 16.7 Å². The first-order valence-electron chi connectivity index (χ1n) is 6.95. The predicted molar refractivity (Wildman–Crippen MR) is 79.1 cm³/mol. The number of hydrogen-bond acceptors (Lipinski definition) is 2.